The zero-order valence-corrected chi connectivity index (χ0v) is 6.95. The molecule has 0 radical (unpaired) electrons. The van der Waals surface area contributed by atoms with Crippen LogP contribution in [0.4, 0.5) is 4.79 Å². The van der Waals surface area contributed by atoms with Crippen molar-refractivity contribution in [3.05, 3.63) is 0 Å². The van der Waals surface area contributed by atoms with Crippen molar-refractivity contribution >= 4 is 6.09 Å². The van der Waals surface area contributed by atoms with Gasteiger partial charge in [-0.1, -0.05) is 0 Å². The van der Waals surface area contributed by atoms with Crippen molar-refractivity contribution < 1.29 is 14.6 Å². The van der Waals surface area contributed by atoms with E-state index >= 15 is 0 Å². The Balaban J connectivity index is 1.88. The van der Waals surface area contributed by atoms with Gasteiger partial charge in [-0.3, -0.25) is 0 Å². The topological polar surface area (TPSA) is 49.8 Å². The van der Waals surface area contributed by atoms with Crippen LogP contribution in [-0.4, -0.2) is 42.4 Å². The fourth-order valence-corrected chi connectivity index (χ4v) is 1.85. The fourth-order valence-electron chi connectivity index (χ4n) is 1.85. The smallest absolute Gasteiger partial charge is 0.407 e. The Labute approximate surface area is 71.1 Å². The molecular formula is C8H13NO3. The number of ether oxygens (including phenoxy) is 1. The lowest BCUT2D eigenvalue weighted by Gasteiger charge is -2.46. The van der Waals surface area contributed by atoms with Crippen molar-refractivity contribution in [3.8, 4) is 0 Å². The summed E-state index contributed by atoms with van der Waals surface area (Å²) in [5.41, 5.74) is 0.339. The Morgan fingerprint density at radius 1 is 1.33 bits per heavy atom. The van der Waals surface area contributed by atoms with Crippen molar-refractivity contribution in [2.45, 2.75) is 12.8 Å². The quantitative estimate of drug-likeness (QED) is 0.585. The van der Waals surface area contributed by atoms with E-state index in [1.165, 1.54) is 4.90 Å². The highest BCUT2D eigenvalue weighted by Crippen LogP contribution is 2.38. The summed E-state index contributed by atoms with van der Waals surface area (Å²) >= 11 is 0. The number of rotatable bonds is 0. The van der Waals surface area contributed by atoms with Crippen LogP contribution in [0.2, 0.25) is 0 Å². The highest BCUT2D eigenvalue weighted by atomic mass is 16.5. The molecule has 0 aromatic rings. The Hall–Kier alpha value is -0.770. The van der Waals surface area contributed by atoms with Crippen molar-refractivity contribution in [2.75, 3.05) is 26.3 Å². The summed E-state index contributed by atoms with van der Waals surface area (Å²) < 4.78 is 5.15. The summed E-state index contributed by atoms with van der Waals surface area (Å²) in [7, 11) is 0. The van der Waals surface area contributed by atoms with E-state index in [0.29, 0.717) is 18.5 Å². The molecule has 0 aromatic carbocycles. The molecule has 2 saturated heterocycles. The van der Waals surface area contributed by atoms with Crippen molar-refractivity contribution in [1.82, 2.24) is 4.90 Å². The molecule has 2 heterocycles. The van der Waals surface area contributed by atoms with Crippen LogP contribution in [0.3, 0.4) is 0 Å². The van der Waals surface area contributed by atoms with Gasteiger partial charge in [0.2, 0.25) is 0 Å². The van der Waals surface area contributed by atoms with Gasteiger partial charge >= 0.3 is 6.09 Å². The number of likely N-dealkylation sites (tertiary alicyclic amines) is 1. The van der Waals surface area contributed by atoms with Crippen LogP contribution in [0.5, 0.6) is 0 Å². The lowest BCUT2D eigenvalue weighted by Crippen LogP contribution is -2.51. The molecule has 1 N–H and O–H groups in total. The van der Waals surface area contributed by atoms with Crippen LogP contribution in [0.25, 0.3) is 0 Å². The van der Waals surface area contributed by atoms with Gasteiger partial charge in [-0.2, -0.15) is 0 Å². The predicted molar refractivity (Wildman–Crippen MR) is 42.1 cm³/mol. The predicted octanol–water partition coefficient (Wildman–Crippen LogP) is 0.777. The average Bonchev–Trinajstić information content (AvgIpc) is 2.02. The molecule has 4 nitrogen and oxygen atoms in total. The summed E-state index contributed by atoms with van der Waals surface area (Å²) in [5, 5.41) is 8.69. The van der Waals surface area contributed by atoms with Gasteiger partial charge in [0.25, 0.3) is 0 Å². The Kier molecular flexibility index (Phi) is 1.72. The largest absolute Gasteiger partial charge is 0.465 e. The van der Waals surface area contributed by atoms with E-state index in [9.17, 15) is 4.79 Å². The molecule has 4 heteroatoms. The lowest BCUT2D eigenvalue weighted by atomic mass is 9.77. The highest BCUT2D eigenvalue weighted by Gasteiger charge is 2.41. The molecule has 68 valence electrons. The van der Waals surface area contributed by atoms with Gasteiger partial charge < -0.3 is 14.7 Å². The second kappa shape index (κ2) is 2.62. The van der Waals surface area contributed by atoms with Crippen LogP contribution in [0, 0.1) is 5.41 Å². The molecule has 2 fully saturated rings. The molecule has 12 heavy (non-hydrogen) atoms. The molecule has 0 unspecified atom stereocenters. The van der Waals surface area contributed by atoms with E-state index in [-0.39, 0.29) is 0 Å². The highest BCUT2D eigenvalue weighted by molar-refractivity contribution is 5.65. The number of hydrogen-bond donors (Lipinski definition) is 1. The third kappa shape index (κ3) is 1.16. The first-order valence-corrected chi connectivity index (χ1v) is 4.28. The maximum Gasteiger partial charge on any atom is 0.407 e. The first-order valence-electron chi connectivity index (χ1n) is 4.28. The molecule has 2 aliphatic rings. The molecule has 2 rings (SSSR count). The molecule has 0 aliphatic carbocycles. The normalized spacial score (nSPS) is 26.8. The second-order valence-corrected chi connectivity index (χ2v) is 3.76. The minimum Gasteiger partial charge on any atom is -0.465 e. The van der Waals surface area contributed by atoms with Gasteiger partial charge in [-0.05, 0) is 12.8 Å². The first kappa shape index (κ1) is 7.86. The maximum absolute atomic E-state index is 10.6. The zero-order chi connectivity index (χ0) is 8.60. The molecule has 1 spiro atoms. The van der Waals surface area contributed by atoms with Gasteiger partial charge in [-0.15, -0.1) is 0 Å². The van der Waals surface area contributed by atoms with Gasteiger partial charge in [-0.25, -0.2) is 4.79 Å². The standard InChI is InChI=1S/C8H13NO3/c10-7(11)9-3-1-8(2-4-9)5-12-6-8/h1-6H2,(H,10,11). The van der Waals surface area contributed by atoms with E-state index in [2.05, 4.69) is 0 Å². The third-order valence-electron chi connectivity index (χ3n) is 2.91. The van der Waals surface area contributed by atoms with Crippen LogP contribution in [-0.2, 0) is 4.74 Å². The van der Waals surface area contributed by atoms with E-state index in [1.54, 1.807) is 0 Å². The van der Waals surface area contributed by atoms with Crippen molar-refractivity contribution in [1.29, 1.82) is 0 Å². The van der Waals surface area contributed by atoms with E-state index in [4.69, 9.17) is 9.84 Å². The first-order chi connectivity index (χ1) is 5.72. The van der Waals surface area contributed by atoms with E-state index in [1.807, 2.05) is 0 Å². The van der Waals surface area contributed by atoms with Crippen molar-refractivity contribution in [2.24, 2.45) is 5.41 Å². The van der Waals surface area contributed by atoms with Gasteiger partial charge in [0, 0.05) is 18.5 Å². The molecule has 2 aliphatic heterocycles. The van der Waals surface area contributed by atoms with Crippen molar-refractivity contribution in [3.63, 3.8) is 0 Å². The maximum atomic E-state index is 10.6. The monoisotopic (exact) mass is 171 g/mol. The number of amides is 1. The summed E-state index contributed by atoms with van der Waals surface area (Å²) in [4.78, 5) is 12.1. The Bertz CT molecular complexity index is 190. The average molecular weight is 171 g/mol. The van der Waals surface area contributed by atoms with Gasteiger partial charge in [0.1, 0.15) is 0 Å². The third-order valence-corrected chi connectivity index (χ3v) is 2.91. The molecule has 0 bridgehead atoms. The van der Waals surface area contributed by atoms with Crippen LogP contribution >= 0.6 is 0 Å². The molecule has 0 atom stereocenters. The van der Waals surface area contributed by atoms with Gasteiger partial charge in [0.05, 0.1) is 13.2 Å². The summed E-state index contributed by atoms with van der Waals surface area (Å²) in [5.74, 6) is 0. The summed E-state index contributed by atoms with van der Waals surface area (Å²) in [6, 6.07) is 0. The number of carbonyl (C=O) groups is 1. The second-order valence-electron chi connectivity index (χ2n) is 3.76. The minimum absolute atomic E-state index is 0.339. The summed E-state index contributed by atoms with van der Waals surface area (Å²) in [6.45, 7) is 3.03. The van der Waals surface area contributed by atoms with Crippen LogP contribution < -0.4 is 0 Å². The zero-order valence-electron chi connectivity index (χ0n) is 6.95. The fraction of sp³-hybridized carbons (Fsp3) is 0.875. The lowest BCUT2D eigenvalue weighted by molar-refractivity contribution is -0.136. The Morgan fingerprint density at radius 2 is 1.92 bits per heavy atom. The SMILES string of the molecule is O=C(O)N1CCC2(CC1)COC2. The Morgan fingerprint density at radius 3 is 2.25 bits per heavy atom. The molecular weight excluding hydrogens is 158 g/mol. The van der Waals surface area contributed by atoms with Crippen LogP contribution in [0.15, 0.2) is 0 Å². The number of hydrogen-bond acceptors (Lipinski definition) is 2. The number of carboxylic acid groups (broad SMARTS) is 1. The molecule has 1 amide bonds. The summed E-state index contributed by atoms with van der Waals surface area (Å²) in [6.07, 6.45) is 1.16. The van der Waals surface area contributed by atoms with Gasteiger partial charge in [0.15, 0.2) is 0 Å². The minimum atomic E-state index is -0.787. The number of nitrogens with zero attached hydrogens (tertiary/aromatic N) is 1. The van der Waals surface area contributed by atoms with E-state index in [0.717, 1.165) is 26.1 Å². The van der Waals surface area contributed by atoms with Crippen LogP contribution in [0.1, 0.15) is 12.8 Å². The number of piperidine rings is 1. The molecule has 0 saturated carbocycles. The molecule has 0 aromatic heterocycles. The van der Waals surface area contributed by atoms with E-state index < -0.39 is 6.09 Å².